The third-order valence-corrected chi connectivity index (χ3v) is 5.43. The molecule has 0 radical (unpaired) electrons. The number of piperidine rings is 1. The number of hydrogen-bond donors (Lipinski definition) is 0. The lowest BCUT2D eigenvalue weighted by Gasteiger charge is -2.31. The molecule has 1 saturated heterocycles. The molecule has 28 heavy (non-hydrogen) atoms. The summed E-state index contributed by atoms with van der Waals surface area (Å²) >= 11 is 0. The molecule has 0 saturated carbocycles. The highest BCUT2D eigenvalue weighted by Crippen LogP contribution is 2.30. The molecule has 5 rings (SSSR count). The molecule has 0 aliphatic carbocycles. The summed E-state index contributed by atoms with van der Waals surface area (Å²) in [5.74, 6) is 0.864. The van der Waals surface area contributed by atoms with Gasteiger partial charge in [-0.2, -0.15) is 0 Å². The van der Waals surface area contributed by atoms with Crippen LogP contribution in [0.2, 0.25) is 0 Å². The smallest absolute Gasteiger partial charge is 0.253 e. The highest BCUT2D eigenvalue weighted by atomic mass is 16.3. The Morgan fingerprint density at radius 2 is 2.11 bits per heavy atom. The molecule has 2 aromatic heterocycles. The highest BCUT2D eigenvalue weighted by Gasteiger charge is 2.29. The maximum Gasteiger partial charge on any atom is 0.253 e. The first kappa shape index (κ1) is 16.9. The quantitative estimate of drug-likeness (QED) is 0.547. The first-order valence-corrected chi connectivity index (χ1v) is 9.71. The molecular weight excluding hydrogens is 354 g/mol. The van der Waals surface area contributed by atoms with Crippen LogP contribution in [-0.2, 0) is 6.54 Å². The Hall–Kier alpha value is -3.22. The predicted molar refractivity (Wildman–Crippen MR) is 105 cm³/mol. The summed E-state index contributed by atoms with van der Waals surface area (Å²) in [6.45, 7) is 4.13. The van der Waals surface area contributed by atoms with E-state index in [-0.39, 0.29) is 11.8 Å². The van der Waals surface area contributed by atoms with Crippen molar-refractivity contribution < 1.29 is 9.21 Å². The molecule has 7 nitrogen and oxygen atoms in total. The molecule has 1 aliphatic heterocycles. The van der Waals surface area contributed by atoms with Gasteiger partial charge in [-0.25, -0.2) is 9.67 Å². The Morgan fingerprint density at radius 3 is 2.96 bits per heavy atom. The molecule has 4 aromatic rings. The van der Waals surface area contributed by atoms with Crippen molar-refractivity contribution in [2.24, 2.45) is 0 Å². The number of aromatic nitrogens is 4. The zero-order valence-electron chi connectivity index (χ0n) is 15.7. The van der Waals surface area contributed by atoms with Crippen LogP contribution in [0.25, 0.3) is 22.1 Å². The van der Waals surface area contributed by atoms with Crippen LogP contribution in [0, 0.1) is 0 Å². The van der Waals surface area contributed by atoms with E-state index in [9.17, 15) is 4.79 Å². The molecule has 1 aliphatic rings. The van der Waals surface area contributed by atoms with Crippen LogP contribution in [0.4, 0.5) is 0 Å². The molecular formula is C21H21N5O2. The van der Waals surface area contributed by atoms with Crippen molar-refractivity contribution in [3.63, 3.8) is 0 Å². The third-order valence-electron chi connectivity index (χ3n) is 5.43. The first-order chi connectivity index (χ1) is 13.7. The molecule has 0 bridgehead atoms. The van der Waals surface area contributed by atoms with Gasteiger partial charge < -0.3 is 9.32 Å². The highest BCUT2D eigenvalue weighted by molar-refractivity contribution is 5.97. The van der Waals surface area contributed by atoms with Gasteiger partial charge in [-0.05, 0) is 50.1 Å². The molecule has 0 N–H and O–H groups in total. The van der Waals surface area contributed by atoms with E-state index in [0.29, 0.717) is 12.1 Å². The first-order valence-electron chi connectivity index (χ1n) is 9.71. The van der Waals surface area contributed by atoms with E-state index in [1.165, 1.54) is 0 Å². The maximum atomic E-state index is 13.1. The van der Waals surface area contributed by atoms with Gasteiger partial charge in [0.25, 0.3) is 5.91 Å². The van der Waals surface area contributed by atoms with E-state index >= 15 is 0 Å². The maximum absolute atomic E-state index is 13.1. The number of oxazole rings is 1. The van der Waals surface area contributed by atoms with Crippen molar-refractivity contribution in [2.75, 3.05) is 13.1 Å². The number of likely N-dealkylation sites (tertiary alicyclic amines) is 1. The number of nitrogens with zero attached hydrogens (tertiary/aromatic N) is 5. The summed E-state index contributed by atoms with van der Waals surface area (Å²) in [6, 6.07) is 13.4. The van der Waals surface area contributed by atoms with Gasteiger partial charge in [0.05, 0.1) is 11.4 Å². The van der Waals surface area contributed by atoms with Gasteiger partial charge in [0.2, 0.25) is 0 Å². The lowest BCUT2D eigenvalue weighted by Crippen LogP contribution is -2.39. The molecule has 142 valence electrons. The lowest BCUT2D eigenvalue weighted by molar-refractivity contribution is 0.0699. The van der Waals surface area contributed by atoms with E-state index in [1.54, 1.807) is 0 Å². The molecule has 0 spiro atoms. The molecule has 0 unspecified atom stereocenters. The Morgan fingerprint density at radius 1 is 1.21 bits per heavy atom. The van der Waals surface area contributed by atoms with E-state index in [2.05, 4.69) is 15.3 Å². The number of para-hydroxylation sites is 2. The fourth-order valence-electron chi connectivity index (χ4n) is 3.95. The Bertz CT molecular complexity index is 1130. The molecule has 3 heterocycles. The van der Waals surface area contributed by atoms with Gasteiger partial charge in [0.15, 0.2) is 11.5 Å². The minimum absolute atomic E-state index is 0.0220. The summed E-state index contributed by atoms with van der Waals surface area (Å²) in [4.78, 5) is 19.6. The van der Waals surface area contributed by atoms with Crippen molar-refractivity contribution in [3.8, 4) is 0 Å². The summed E-state index contributed by atoms with van der Waals surface area (Å²) in [5, 5.41) is 8.30. The summed E-state index contributed by atoms with van der Waals surface area (Å²) in [7, 11) is 0. The van der Waals surface area contributed by atoms with Gasteiger partial charge in [-0.1, -0.05) is 17.3 Å². The van der Waals surface area contributed by atoms with Gasteiger partial charge in [-0.3, -0.25) is 4.79 Å². The summed E-state index contributed by atoms with van der Waals surface area (Å²) in [5.41, 5.74) is 4.01. The molecule has 1 amide bonds. The van der Waals surface area contributed by atoms with Crippen molar-refractivity contribution >= 4 is 28.0 Å². The monoisotopic (exact) mass is 375 g/mol. The minimum atomic E-state index is 0.0220. The molecule has 7 heteroatoms. The number of carbonyl (C=O) groups is 1. The summed E-state index contributed by atoms with van der Waals surface area (Å²) < 4.78 is 7.77. The standard InChI is InChI=1S/C21H21N5O2/c1-2-26-18-10-9-14(12-17(18)23-24-26)21(27)25-11-5-6-15(13-25)20-22-16-7-3-4-8-19(16)28-20/h3-4,7-10,12,15H,2,5-6,11,13H2,1H3/t15-/m0/s1. The Balaban J connectivity index is 1.39. The fraction of sp³-hybridized carbons (Fsp3) is 0.333. The fourth-order valence-corrected chi connectivity index (χ4v) is 3.95. The zero-order valence-corrected chi connectivity index (χ0v) is 15.7. The number of fused-ring (bicyclic) bond motifs is 2. The second-order valence-corrected chi connectivity index (χ2v) is 7.22. The Labute approximate surface area is 161 Å². The number of rotatable bonds is 3. The minimum Gasteiger partial charge on any atom is -0.440 e. The molecule has 2 aromatic carbocycles. The summed E-state index contributed by atoms with van der Waals surface area (Å²) in [6.07, 6.45) is 1.91. The van der Waals surface area contributed by atoms with Crippen LogP contribution in [0.1, 0.15) is 41.9 Å². The van der Waals surface area contributed by atoms with Crippen LogP contribution in [0.3, 0.4) is 0 Å². The number of aryl methyl sites for hydroxylation is 1. The van der Waals surface area contributed by atoms with E-state index in [0.717, 1.165) is 54.0 Å². The normalized spacial score (nSPS) is 17.5. The number of carbonyl (C=O) groups excluding carboxylic acids is 1. The van der Waals surface area contributed by atoms with Gasteiger partial charge in [0, 0.05) is 25.2 Å². The second kappa shape index (κ2) is 6.74. The van der Waals surface area contributed by atoms with Crippen LogP contribution < -0.4 is 0 Å². The van der Waals surface area contributed by atoms with Crippen molar-refractivity contribution in [3.05, 3.63) is 53.9 Å². The van der Waals surface area contributed by atoms with Crippen molar-refractivity contribution in [2.45, 2.75) is 32.2 Å². The van der Waals surface area contributed by atoms with E-state index in [4.69, 9.17) is 4.42 Å². The van der Waals surface area contributed by atoms with Gasteiger partial charge in [-0.15, -0.1) is 5.10 Å². The number of amides is 1. The topological polar surface area (TPSA) is 77.1 Å². The van der Waals surface area contributed by atoms with Gasteiger partial charge in [0.1, 0.15) is 11.0 Å². The van der Waals surface area contributed by atoms with E-state index < -0.39 is 0 Å². The van der Waals surface area contributed by atoms with Gasteiger partial charge >= 0.3 is 0 Å². The third kappa shape index (κ3) is 2.83. The number of hydrogen-bond acceptors (Lipinski definition) is 5. The predicted octanol–water partition coefficient (Wildman–Crippen LogP) is 3.61. The lowest BCUT2D eigenvalue weighted by atomic mass is 9.97. The van der Waals surface area contributed by atoms with Crippen molar-refractivity contribution in [1.82, 2.24) is 24.9 Å². The molecule has 1 fully saturated rings. The van der Waals surface area contributed by atoms with Crippen molar-refractivity contribution in [1.29, 1.82) is 0 Å². The SMILES string of the molecule is CCn1nnc2cc(C(=O)N3CCC[C@H](c4nc5ccccc5o4)C3)ccc21. The Kier molecular flexibility index (Phi) is 4.07. The van der Waals surface area contributed by atoms with Crippen LogP contribution >= 0.6 is 0 Å². The van der Waals surface area contributed by atoms with E-state index in [1.807, 2.05) is 59.0 Å². The van der Waals surface area contributed by atoms with Crippen LogP contribution in [-0.4, -0.2) is 43.9 Å². The average Bonchev–Trinajstić information content (AvgIpc) is 3.36. The van der Waals surface area contributed by atoms with Crippen LogP contribution in [0.5, 0.6) is 0 Å². The second-order valence-electron chi connectivity index (χ2n) is 7.22. The average molecular weight is 375 g/mol. The van der Waals surface area contributed by atoms with Crippen LogP contribution in [0.15, 0.2) is 46.9 Å². The number of benzene rings is 2. The largest absolute Gasteiger partial charge is 0.440 e. The zero-order chi connectivity index (χ0) is 19.1. The molecule has 1 atom stereocenters.